The number of rotatable bonds is 1. The summed E-state index contributed by atoms with van der Waals surface area (Å²) in [6, 6.07) is 9.24. The van der Waals surface area contributed by atoms with E-state index in [1.165, 1.54) is 42.4 Å². The number of allylic oxidation sites excluding steroid dienone is 1. The third-order valence-corrected chi connectivity index (χ3v) is 5.45. The van der Waals surface area contributed by atoms with Gasteiger partial charge >= 0.3 is 0 Å². The van der Waals surface area contributed by atoms with Crippen molar-refractivity contribution in [3.8, 4) is 0 Å². The van der Waals surface area contributed by atoms with Gasteiger partial charge in [0.15, 0.2) is 0 Å². The van der Waals surface area contributed by atoms with E-state index in [9.17, 15) is 0 Å². The van der Waals surface area contributed by atoms with Crippen LogP contribution in [-0.4, -0.2) is 0 Å². The first-order chi connectivity index (χ1) is 9.34. The Morgan fingerprint density at radius 3 is 2.84 bits per heavy atom. The van der Waals surface area contributed by atoms with Gasteiger partial charge in [0.1, 0.15) is 0 Å². The molecule has 4 rings (SSSR count). The summed E-state index contributed by atoms with van der Waals surface area (Å²) in [5, 5.41) is 2.24. The highest BCUT2D eigenvalue weighted by molar-refractivity contribution is 7.10. The summed E-state index contributed by atoms with van der Waals surface area (Å²) in [7, 11) is 0. The maximum atomic E-state index is 2.34. The van der Waals surface area contributed by atoms with Gasteiger partial charge in [-0.05, 0) is 71.9 Å². The Bertz CT molecular complexity index is 673. The summed E-state index contributed by atoms with van der Waals surface area (Å²) in [5.74, 6) is 0. The van der Waals surface area contributed by atoms with Gasteiger partial charge in [-0.2, -0.15) is 0 Å². The fraction of sp³-hybridized carbons (Fsp3) is 0.333. The Balaban J connectivity index is 1.92. The predicted octanol–water partition coefficient (Wildman–Crippen LogP) is 5.00. The summed E-state index contributed by atoms with van der Waals surface area (Å²) in [6.45, 7) is 2.31. The highest BCUT2D eigenvalue weighted by Crippen LogP contribution is 2.42. The average Bonchev–Trinajstić information content (AvgIpc) is 2.98. The van der Waals surface area contributed by atoms with Gasteiger partial charge < -0.3 is 0 Å². The van der Waals surface area contributed by atoms with Crippen LogP contribution in [0.1, 0.15) is 46.9 Å². The van der Waals surface area contributed by atoms with E-state index in [-0.39, 0.29) is 0 Å². The van der Waals surface area contributed by atoms with Gasteiger partial charge in [-0.1, -0.05) is 23.8 Å². The zero-order valence-corrected chi connectivity index (χ0v) is 12.1. The zero-order valence-electron chi connectivity index (χ0n) is 11.3. The van der Waals surface area contributed by atoms with Crippen molar-refractivity contribution in [2.45, 2.75) is 39.0 Å². The molecule has 0 radical (unpaired) electrons. The lowest BCUT2D eigenvalue weighted by molar-refractivity contribution is 0.684. The number of fused-ring (bicyclic) bond motifs is 2. The Morgan fingerprint density at radius 2 is 1.89 bits per heavy atom. The van der Waals surface area contributed by atoms with E-state index in [1.54, 1.807) is 21.6 Å². The van der Waals surface area contributed by atoms with Gasteiger partial charge in [0.25, 0.3) is 0 Å². The van der Waals surface area contributed by atoms with Gasteiger partial charge in [-0.15, -0.1) is 11.3 Å². The van der Waals surface area contributed by atoms with Crippen LogP contribution in [0.15, 0.2) is 35.2 Å². The van der Waals surface area contributed by atoms with Gasteiger partial charge in [-0.3, -0.25) is 0 Å². The van der Waals surface area contributed by atoms with Gasteiger partial charge in [0, 0.05) is 11.3 Å². The van der Waals surface area contributed by atoms with Crippen LogP contribution in [-0.2, 0) is 19.3 Å². The first kappa shape index (κ1) is 11.5. The highest BCUT2D eigenvalue weighted by atomic mass is 32.1. The molecule has 0 spiro atoms. The molecule has 1 aromatic carbocycles. The molecule has 19 heavy (non-hydrogen) atoms. The molecule has 0 bridgehead atoms. The molecule has 0 aliphatic heterocycles. The summed E-state index contributed by atoms with van der Waals surface area (Å²) in [5.41, 5.74) is 9.33. The minimum absolute atomic E-state index is 1.16. The minimum Gasteiger partial charge on any atom is -0.148 e. The quantitative estimate of drug-likeness (QED) is 0.681. The highest BCUT2D eigenvalue weighted by Gasteiger charge is 2.24. The average molecular weight is 266 g/mol. The van der Waals surface area contributed by atoms with Crippen molar-refractivity contribution in [2.24, 2.45) is 0 Å². The molecule has 0 N–H and O–H groups in total. The number of thiophene rings is 1. The van der Waals surface area contributed by atoms with Crippen molar-refractivity contribution in [3.63, 3.8) is 0 Å². The molecule has 0 atom stereocenters. The van der Waals surface area contributed by atoms with Crippen molar-refractivity contribution in [3.05, 3.63) is 62.3 Å². The normalized spacial score (nSPS) is 17.5. The molecule has 2 aliphatic carbocycles. The second-order valence-electron chi connectivity index (χ2n) is 5.74. The molecule has 1 heterocycles. The van der Waals surface area contributed by atoms with Crippen LogP contribution in [0.4, 0.5) is 0 Å². The Kier molecular flexibility index (Phi) is 2.63. The van der Waals surface area contributed by atoms with Crippen LogP contribution in [0.2, 0.25) is 0 Å². The van der Waals surface area contributed by atoms with Crippen LogP contribution in [0.3, 0.4) is 0 Å². The first-order valence-corrected chi connectivity index (χ1v) is 8.10. The standard InChI is InChI=1S/C18H18S/c1-12-11-17-16(9-10-19-17)18(12)15-8-4-6-13-5-2-3-7-14(13)15/h4,6,8-10H,2-3,5,7,11H2,1H3. The summed E-state index contributed by atoms with van der Waals surface area (Å²) < 4.78 is 0. The molecule has 0 fully saturated rings. The summed E-state index contributed by atoms with van der Waals surface area (Å²) in [4.78, 5) is 1.56. The molecular formula is C18H18S. The number of hydrogen-bond donors (Lipinski definition) is 0. The minimum atomic E-state index is 1.16. The van der Waals surface area contributed by atoms with Crippen molar-refractivity contribution >= 4 is 16.9 Å². The second-order valence-corrected chi connectivity index (χ2v) is 6.74. The van der Waals surface area contributed by atoms with Crippen LogP contribution in [0.25, 0.3) is 5.57 Å². The number of hydrogen-bond acceptors (Lipinski definition) is 1. The molecule has 96 valence electrons. The van der Waals surface area contributed by atoms with Crippen molar-refractivity contribution < 1.29 is 0 Å². The molecular weight excluding hydrogens is 248 g/mol. The lowest BCUT2D eigenvalue weighted by Crippen LogP contribution is -2.06. The second kappa shape index (κ2) is 4.35. The van der Waals surface area contributed by atoms with Crippen molar-refractivity contribution in [1.82, 2.24) is 0 Å². The summed E-state index contributed by atoms with van der Waals surface area (Å²) in [6.07, 6.45) is 6.41. The third kappa shape index (κ3) is 1.72. The predicted molar refractivity (Wildman–Crippen MR) is 82.8 cm³/mol. The van der Waals surface area contributed by atoms with E-state index >= 15 is 0 Å². The number of aryl methyl sites for hydroxylation is 1. The molecule has 1 heteroatoms. The monoisotopic (exact) mass is 266 g/mol. The molecule has 0 unspecified atom stereocenters. The Labute approximate surface area is 118 Å². The SMILES string of the molecule is CC1=C(c2cccc3c2CCCC3)c2ccsc2C1. The largest absolute Gasteiger partial charge is 0.148 e. The van der Waals surface area contributed by atoms with Crippen molar-refractivity contribution in [2.75, 3.05) is 0 Å². The van der Waals surface area contributed by atoms with Gasteiger partial charge in [0.05, 0.1) is 0 Å². The van der Waals surface area contributed by atoms with Crippen molar-refractivity contribution in [1.29, 1.82) is 0 Å². The van der Waals surface area contributed by atoms with Gasteiger partial charge in [0.2, 0.25) is 0 Å². The van der Waals surface area contributed by atoms with E-state index in [1.807, 2.05) is 11.3 Å². The maximum Gasteiger partial charge on any atom is 0.0164 e. The fourth-order valence-electron chi connectivity index (χ4n) is 3.65. The molecule has 0 nitrogen and oxygen atoms in total. The lowest BCUT2D eigenvalue weighted by atomic mass is 9.84. The topological polar surface area (TPSA) is 0 Å². The van der Waals surface area contributed by atoms with E-state index in [2.05, 4.69) is 36.6 Å². The fourth-order valence-corrected chi connectivity index (χ4v) is 4.62. The molecule has 2 aliphatic rings. The summed E-state index contributed by atoms with van der Waals surface area (Å²) >= 11 is 1.91. The molecule has 1 aromatic heterocycles. The van der Waals surface area contributed by atoms with E-state index in [4.69, 9.17) is 0 Å². The maximum absolute atomic E-state index is 2.34. The van der Waals surface area contributed by atoms with Crippen LogP contribution in [0, 0.1) is 0 Å². The third-order valence-electron chi connectivity index (χ3n) is 4.53. The number of benzene rings is 1. The first-order valence-electron chi connectivity index (χ1n) is 7.22. The molecule has 0 saturated heterocycles. The van der Waals surface area contributed by atoms with Crippen LogP contribution < -0.4 is 0 Å². The van der Waals surface area contributed by atoms with E-state index in [0.717, 1.165) is 6.42 Å². The van der Waals surface area contributed by atoms with Crippen LogP contribution in [0.5, 0.6) is 0 Å². The molecule has 2 aromatic rings. The van der Waals surface area contributed by atoms with Gasteiger partial charge in [-0.25, -0.2) is 0 Å². The van der Waals surface area contributed by atoms with E-state index in [0.29, 0.717) is 0 Å². The smallest absolute Gasteiger partial charge is 0.0164 e. The Hall–Kier alpha value is -1.34. The van der Waals surface area contributed by atoms with E-state index < -0.39 is 0 Å². The molecule has 0 amide bonds. The lowest BCUT2D eigenvalue weighted by Gasteiger charge is -2.20. The zero-order chi connectivity index (χ0) is 12.8. The van der Waals surface area contributed by atoms with Crippen LogP contribution >= 0.6 is 11.3 Å². The molecule has 0 saturated carbocycles. The Morgan fingerprint density at radius 1 is 1.00 bits per heavy atom.